The number of anilines is 1. The molecule has 20 heavy (non-hydrogen) atoms. The molecule has 0 radical (unpaired) electrons. The number of halogens is 2. The highest BCUT2D eigenvalue weighted by Gasteiger charge is 2.13. The highest BCUT2D eigenvalue weighted by atomic mass is 79.9. The number of nitrogens with one attached hydrogen (secondary N) is 2. The lowest BCUT2D eigenvalue weighted by atomic mass is 10.2. The molecular weight excluding hydrogens is 348 g/mol. The maximum atomic E-state index is 11.9. The van der Waals surface area contributed by atoms with Gasteiger partial charge in [-0.25, -0.2) is 0 Å². The van der Waals surface area contributed by atoms with Crippen LogP contribution in [0, 0.1) is 0 Å². The van der Waals surface area contributed by atoms with Gasteiger partial charge in [-0.15, -0.1) is 0 Å². The molecule has 1 heterocycles. The molecule has 2 aromatic rings. The van der Waals surface area contributed by atoms with Crippen LogP contribution in [0.1, 0.15) is 20.9 Å². The number of carbonyl (C=O) groups is 2. The summed E-state index contributed by atoms with van der Waals surface area (Å²) in [5.41, 5.74) is 0.734. The average molecular weight is 358 g/mol. The van der Waals surface area contributed by atoms with Gasteiger partial charge in [0, 0.05) is 12.7 Å². The number of carbonyl (C=O) groups excluding carboxylic acids is 2. The number of furan rings is 1. The van der Waals surface area contributed by atoms with Crippen molar-refractivity contribution in [3.63, 3.8) is 0 Å². The lowest BCUT2D eigenvalue weighted by Crippen LogP contribution is -2.19. The summed E-state index contributed by atoms with van der Waals surface area (Å²) in [6.45, 7) is 0. The Morgan fingerprint density at radius 1 is 1.20 bits per heavy atom. The zero-order valence-electron chi connectivity index (χ0n) is 10.4. The van der Waals surface area contributed by atoms with Crippen molar-refractivity contribution >= 4 is 45.0 Å². The molecule has 0 unspecified atom stereocenters. The summed E-state index contributed by atoms with van der Waals surface area (Å²) in [6.07, 6.45) is 0. The van der Waals surface area contributed by atoms with Gasteiger partial charge in [0.2, 0.25) is 0 Å². The molecule has 0 aliphatic carbocycles. The van der Waals surface area contributed by atoms with E-state index < -0.39 is 5.91 Å². The van der Waals surface area contributed by atoms with Gasteiger partial charge < -0.3 is 15.1 Å². The van der Waals surface area contributed by atoms with E-state index in [-0.39, 0.29) is 17.2 Å². The molecular formula is C13H10BrClN2O3. The SMILES string of the molecule is CNC(=O)c1cc(NC(=O)c2ccc(Br)o2)ccc1Cl. The van der Waals surface area contributed by atoms with Crippen LogP contribution in [0.2, 0.25) is 5.02 Å². The third kappa shape index (κ3) is 3.20. The van der Waals surface area contributed by atoms with Crippen LogP contribution in [-0.4, -0.2) is 18.9 Å². The Kier molecular flexibility index (Phi) is 4.46. The lowest BCUT2D eigenvalue weighted by Gasteiger charge is -2.07. The molecule has 0 aliphatic rings. The molecule has 7 heteroatoms. The van der Waals surface area contributed by atoms with E-state index in [9.17, 15) is 9.59 Å². The summed E-state index contributed by atoms with van der Waals surface area (Å²) < 4.78 is 5.60. The average Bonchev–Trinajstić information content (AvgIpc) is 2.87. The van der Waals surface area contributed by atoms with Gasteiger partial charge in [0.15, 0.2) is 10.4 Å². The second kappa shape index (κ2) is 6.11. The molecule has 2 amide bonds. The van der Waals surface area contributed by atoms with E-state index in [1.807, 2.05) is 0 Å². The molecule has 1 aromatic carbocycles. The summed E-state index contributed by atoms with van der Waals surface area (Å²) in [5, 5.41) is 5.41. The van der Waals surface area contributed by atoms with Gasteiger partial charge in [0.1, 0.15) is 0 Å². The number of benzene rings is 1. The second-order valence-corrected chi connectivity index (χ2v) is 5.02. The van der Waals surface area contributed by atoms with E-state index in [1.54, 1.807) is 18.2 Å². The van der Waals surface area contributed by atoms with Crippen LogP contribution in [0.5, 0.6) is 0 Å². The Morgan fingerprint density at radius 3 is 2.55 bits per heavy atom. The first kappa shape index (κ1) is 14.6. The number of rotatable bonds is 3. The molecule has 5 nitrogen and oxygen atoms in total. The van der Waals surface area contributed by atoms with Crippen LogP contribution in [0.25, 0.3) is 0 Å². The molecule has 1 aromatic heterocycles. The normalized spacial score (nSPS) is 10.2. The Morgan fingerprint density at radius 2 is 1.95 bits per heavy atom. The molecule has 0 atom stereocenters. The van der Waals surface area contributed by atoms with Gasteiger partial charge in [0.05, 0.1) is 10.6 Å². The maximum absolute atomic E-state index is 11.9. The number of amides is 2. The fraction of sp³-hybridized carbons (Fsp3) is 0.0769. The predicted octanol–water partition coefficient (Wildman–Crippen LogP) is 3.31. The van der Waals surface area contributed by atoms with Gasteiger partial charge in [-0.05, 0) is 46.3 Å². The van der Waals surface area contributed by atoms with E-state index in [1.165, 1.54) is 19.2 Å². The molecule has 0 bridgehead atoms. The number of hydrogen-bond acceptors (Lipinski definition) is 3. The van der Waals surface area contributed by atoms with E-state index in [2.05, 4.69) is 26.6 Å². The highest BCUT2D eigenvalue weighted by molar-refractivity contribution is 9.10. The van der Waals surface area contributed by atoms with Crippen LogP contribution in [-0.2, 0) is 0 Å². The first-order valence-electron chi connectivity index (χ1n) is 5.59. The second-order valence-electron chi connectivity index (χ2n) is 3.83. The maximum Gasteiger partial charge on any atom is 0.291 e. The minimum Gasteiger partial charge on any atom is -0.444 e. The predicted molar refractivity (Wildman–Crippen MR) is 79.2 cm³/mol. The van der Waals surface area contributed by atoms with Crippen molar-refractivity contribution in [3.05, 3.63) is 51.3 Å². The van der Waals surface area contributed by atoms with Crippen LogP contribution in [0.3, 0.4) is 0 Å². The van der Waals surface area contributed by atoms with Crippen LogP contribution < -0.4 is 10.6 Å². The first-order chi connectivity index (χ1) is 9.51. The Bertz CT molecular complexity index is 669. The highest BCUT2D eigenvalue weighted by Crippen LogP contribution is 2.22. The van der Waals surface area contributed by atoms with Crippen molar-refractivity contribution in [2.24, 2.45) is 0 Å². The third-order valence-corrected chi connectivity index (χ3v) is 3.25. The van der Waals surface area contributed by atoms with Crippen LogP contribution in [0.15, 0.2) is 39.4 Å². The van der Waals surface area contributed by atoms with Crippen molar-refractivity contribution in [2.45, 2.75) is 0 Å². The summed E-state index contributed by atoms with van der Waals surface area (Å²) in [7, 11) is 1.50. The van der Waals surface area contributed by atoms with E-state index in [0.717, 1.165) is 0 Å². The summed E-state index contributed by atoms with van der Waals surface area (Å²) in [4.78, 5) is 23.5. The standard InChI is InChI=1S/C13H10BrClN2O3/c1-16-12(18)8-6-7(2-3-9(8)15)17-13(19)10-4-5-11(14)20-10/h2-6H,1H3,(H,16,18)(H,17,19). The molecule has 104 valence electrons. The van der Waals surface area contributed by atoms with E-state index in [0.29, 0.717) is 15.4 Å². The molecule has 0 fully saturated rings. The van der Waals surface area contributed by atoms with Gasteiger partial charge >= 0.3 is 0 Å². The molecule has 0 saturated carbocycles. The van der Waals surface area contributed by atoms with E-state index in [4.69, 9.17) is 16.0 Å². The summed E-state index contributed by atoms with van der Waals surface area (Å²) in [5.74, 6) is -0.582. The van der Waals surface area contributed by atoms with Gasteiger partial charge in [0.25, 0.3) is 11.8 Å². The molecule has 0 aliphatic heterocycles. The third-order valence-electron chi connectivity index (χ3n) is 2.49. The summed E-state index contributed by atoms with van der Waals surface area (Å²) in [6, 6.07) is 7.79. The molecule has 2 rings (SSSR count). The molecule has 2 N–H and O–H groups in total. The Labute approximate surface area is 128 Å². The van der Waals surface area contributed by atoms with Gasteiger partial charge in [-0.3, -0.25) is 9.59 Å². The van der Waals surface area contributed by atoms with Crippen molar-refractivity contribution in [1.82, 2.24) is 5.32 Å². The smallest absolute Gasteiger partial charge is 0.291 e. The zero-order chi connectivity index (χ0) is 14.7. The Balaban J connectivity index is 2.22. The Hall–Kier alpha value is -1.79. The van der Waals surface area contributed by atoms with Crippen molar-refractivity contribution in [1.29, 1.82) is 0 Å². The van der Waals surface area contributed by atoms with Crippen molar-refractivity contribution in [3.8, 4) is 0 Å². The summed E-state index contributed by atoms with van der Waals surface area (Å²) >= 11 is 9.05. The van der Waals surface area contributed by atoms with Gasteiger partial charge in [-0.1, -0.05) is 11.6 Å². The topological polar surface area (TPSA) is 71.3 Å². The van der Waals surface area contributed by atoms with Crippen molar-refractivity contribution < 1.29 is 14.0 Å². The fourth-order valence-electron chi connectivity index (χ4n) is 1.54. The minimum atomic E-state index is -0.416. The zero-order valence-corrected chi connectivity index (χ0v) is 12.7. The van der Waals surface area contributed by atoms with Gasteiger partial charge in [-0.2, -0.15) is 0 Å². The lowest BCUT2D eigenvalue weighted by molar-refractivity contribution is 0.0960. The fourth-order valence-corrected chi connectivity index (χ4v) is 2.05. The van der Waals surface area contributed by atoms with Crippen LogP contribution in [0.4, 0.5) is 5.69 Å². The first-order valence-corrected chi connectivity index (χ1v) is 6.76. The monoisotopic (exact) mass is 356 g/mol. The minimum absolute atomic E-state index is 0.160. The number of hydrogen-bond donors (Lipinski definition) is 2. The molecule has 0 spiro atoms. The quantitative estimate of drug-likeness (QED) is 0.885. The largest absolute Gasteiger partial charge is 0.444 e. The van der Waals surface area contributed by atoms with Crippen molar-refractivity contribution in [2.75, 3.05) is 12.4 Å². The van der Waals surface area contributed by atoms with E-state index >= 15 is 0 Å². The van der Waals surface area contributed by atoms with Crippen LogP contribution >= 0.6 is 27.5 Å². The molecule has 0 saturated heterocycles.